The normalized spacial score (nSPS) is 17.5. The summed E-state index contributed by atoms with van der Waals surface area (Å²) < 4.78 is 0. The van der Waals surface area contributed by atoms with Crippen molar-refractivity contribution < 1.29 is 14.7 Å². The Bertz CT molecular complexity index is 516. The molecule has 0 radical (unpaired) electrons. The standard InChI is InChI=1S/C15H20N2O3/c1-3-16(10-14(18)19)15(20)17-9-11(2)8-12-6-4-5-7-13(12)17/h4-7,11H,3,8-10H2,1-2H3,(H,18,19). The van der Waals surface area contributed by atoms with Crippen LogP contribution in [0.3, 0.4) is 0 Å². The van der Waals surface area contributed by atoms with Gasteiger partial charge in [-0.15, -0.1) is 0 Å². The molecule has 2 rings (SSSR count). The fourth-order valence-electron chi connectivity index (χ4n) is 2.63. The quantitative estimate of drug-likeness (QED) is 0.920. The Kier molecular flexibility index (Phi) is 4.27. The minimum absolute atomic E-state index is 0.228. The van der Waals surface area contributed by atoms with Crippen LogP contribution in [0.2, 0.25) is 0 Å². The van der Waals surface area contributed by atoms with E-state index in [9.17, 15) is 9.59 Å². The maximum atomic E-state index is 12.6. The molecule has 0 fully saturated rings. The number of nitrogens with zero attached hydrogens (tertiary/aromatic N) is 2. The van der Waals surface area contributed by atoms with Crippen LogP contribution in [0.5, 0.6) is 0 Å². The Morgan fingerprint density at radius 1 is 1.40 bits per heavy atom. The molecule has 2 amide bonds. The van der Waals surface area contributed by atoms with E-state index >= 15 is 0 Å². The largest absolute Gasteiger partial charge is 0.480 e. The van der Waals surface area contributed by atoms with Crippen LogP contribution in [0.15, 0.2) is 24.3 Å². The molecule has 0 bridgehead atoms. The van der Waals surface area contributed by atoms with Crippen LogP contribution in [-0.2, 0) is 11.2 Å². The number of carboxylic acids is 1. The van der Waals surface area contributed by atoms with Crippen LogP contribution >= 0.6 is 0 Å². The number of urea groups is 1. The van der Waals surface area contributed by atoms with E-state index in [4.69, 9.17) is 5.11 Å². The van der Waals surface area contributed by atoms with Crippen molar-refractivity contribution in [3.8, 4) is 0 Å². The third kappa shape index (κ3) is 2.92. The summed E-state index contributed by atoms with van der Waals surface area (Å²) in [6, 6.07) is 7.59. The van der Waals surface area contributed by atoms with Gasteiger partial charge in [0.05, 0.1) is 0 Å². The molecule has 1 aliphatic rings. The summed E-state index contributed by atoms with van der Waals surface area (Å²) >= 11 is 0. The fourth-order valence-corrected chi connectivity index (χ4v) is 2.63. The van der Waals surface area contributed by atoms with Crippen molar-refractivity contribution >= 4 is 17.7 Å². The first kappa shape index (κ1) is 14.4. The zero-order chi connectivity index (χ0) is 14.7. The van der Waals surface area contributed by atoms with Crippen LogP contribution in [0, 0.1) is 5.92 Å². The van der Waals surface area contributed by atoms with Gasteiger partial charge < -0.3 is 10.0 Å². The number of amides is 2. The number of aliphatic carboxylic acids is 1. The summed E-state index contributed by atoms with van der Waals surface area (Å²) in [5.41, 5.74) is 2.05. The monoisotopic (exact) mass is 276 g/mol. The molecule has 0 saturated carbocycles. The van der Waals surface area contributed by atoms with Gasteiger partial charge in [-0.2, -0.15) is 0 Å². The molecule has 0 aromatic heterocycles. The van der Waals surface area contributed by atoms with Crippen molar-refractivity contribution in [2.24, 2.45) is 5.92 Å². The predicted molar refractivity (Wildman–Crippen MR) is 76.9 cm³/mol. The molecule has 1 aromatic rings. The Labute approximate surface area is 118 Å². The topological polar surface area (TPSA) is 60.9 Å². The smallest absolute Gasteiger partial charge is 0.325 e. The van der Waals surface area contributed by atoms with Gasteiger partial charge in [-0.05, 0) is 30.9 Å². The average molecular weight is 276 g/mol. The molecule has 1 N–H and O–H groups in total. The molecular formula is C15H20N2O3. The molecule has 5 nitrogen and oxygen atoms in total. The van der Waals surface area contributed by atoms with Crippen LogP contribution in [0.25, 0.3) is 0 Å². The van der Waals surface area contributed by atoms with Crippen LogP contribution < -0.4 is 4.90 Å². The zero-order valence-electron chi connectivity index (χ0n) is 11.9. The lowest BCUT2D eigenvalue weighted by Crippen LogP contribution is -2.48. The van der Waals surface area contributed by atoms with E-state index in [0.717, 1.165) is 17.7 Å². The second-order valence-corrected chi connectivity index (χ2v) is 5.24. The highest BCUT2D eigenvalue weighted by molar-refractivity contribution is 5.94. The van der Waals surface area contributed by atoms with Gasteiger partial charge in [-0.25, -0.2) is 4.79 Å². The molecule has 0 spiro atoms. The van der Waals surface area contributed by atoms with E-state index in [1.54, 1.807) is 11.8 Å². The zero-order valence-corrected chi connectivity index (χ0v) is 11.9. The number of likely N-dealkylation sites (N-methyl/N-ethyl adjacent to an activating group) is 1. The lowest BCUT2D eigenvalue weighted by molar-refractivity contribution is -0.137. The van der Waals surface area contributed by atoms with Crippen molar-refractivity contribution in [1.29, 1.82) is 0 Å². The first-order valence-electron chi connectivity index (χ1n) is 6.89. The molecule has 1 aromatic carbocycles. The van der Waals surface area contributed by atoms with Crippen LogP contribution in [0.1, 0.15) is 19.4 Å². The maximum Gasteiger partial charge on any atom is 0.325 e. The fraction of sp³-hybridized carbons (Fsp3) is 0.467. The molecular weight excluding hydrogens is 256 g/mol. The summed E-state index contributed by atoms with van der Waals surface area (Å²) in [6.45, 7) is 4.65. The molecule has 108 valence electrons. The Morgan fingerprint density at radius 2 is 2.10 bits per heavy atom. The summed E-state index contributed by atoms with van der Waals surface area (Å²) in [7, 11) is 0. The summed E-state index contributed by atoms with van der Waals surface area (Å²) in [5.74, 6) is -0.615. The Balaban J connectivity index is 2.27. The van der Waals surface area contributed by atoms with Crippen molar-refractivity contribution in [3.63, 3.8) is 0 Å². The molecule has 1 aliphatic heterocycles. The Morgan fingerprint density at radius 3 is 2.75 bits per heavy atom. The lowest BCUT2D eigenvalue weighted by Gasteiger charge is -2.36. The first-order chi connectivity index (χ1) is 9.52. The highest BCUT2D eigenvalue weighted by atomic mass is 16.4. The number of carboxylic acid groups (broad SMARTS) is 1. The molecule has 20 heavy (non-hydrogen) atoms. The highest BCUT2D eigenvalue weighted by Gasteiger charge is 2.29. The second-order valence-electron chi connectivity index (χ2n) is 5.24. The Hall–Kier alpha value is -2.04. The predicted octanol–water partition coefficient (Wildman–Crippen LogP) is 2.21. The number of carbonyl (C=O) groups is 2. The number of carbonyl (C=O) groups excluding carboxylic acids is 1. The first-order valence-corrected chi connectivity index (χ1v) is 6.89. The SMILES string of the molecule is CCN(CC(=O)O)C(=O)N1CC(C)Cc2ccccc21. The third-order valence-corrected chi connectivity index (χ3v) is 3.55. The van der Waals surface area contributed by atoms with E-state index in [1.165, 1.54) is 4.90 Å². The van der Waals surface area contributed by atoms with Gasteiger partial charge in [0.1, 0.15) is 6.54 Å². The van der Waals surface area contributed by atoms with Crippen LogP contribution in [0.4, 0.5) is 10.5 Å². The van der Waals surface area contributed by atoms with Gasteiger partial charge in [0.2, 0.25) is 0 Å². The number of hydrogen-bond donors (Lipinski definition) is 1. The molecule has 0 saturated heterocycles. The number of benzene rings is 1. The minimum Gasteiger partial charge on any atom is -0.480 e. The lowest BCUT2D eigenvalue weighted by atomic mass is 9.94. The number of anilines is 1. The van der Waals surface area contributed by atoms with E-state index in [-0.39, 0.29) is 12.6 Å². The van der Waals surface area contributed by atoms with Gasteiger partial charge in [-0.3, -0.25) is 9.69 Å². The second kappa shape index (κ2) is 5.94. The summed E-state index contributed by atoms with van der Waals surface area (Å²) in [6.07, 6.45) is 0.949. The van der Waals surface area contributed by atoms with Crippen LogP contribution in [-0.4, -0.2) is 41.6 Å². The van der Waals surface area contributed by atoms with Gasteiger partial charge in [0.15, 0.2) is 0 Å². The summed E-state index contributed by atoms with van der Waals surface area (Å²) in [5, 5.41) is 8.90. The van der Waals surface area contributed by atoms with Crippen molar-refractivity contribution in [2.45, 2.75) is 20.3 Å². The van der Waals surface area contributed by atoms with E-state index in [1.807, 2.05) is 24.3 Å². The molecule has 0 aliphatic carbocycles. The number of rotatable bonds is 3. The maximum absolute atomic E-state index is 12.6. The summed E-state index contributed by atoms with van der Waals surface area (Å²) in [4.78, 5) is 26.5. The minimum atomic E-state index is -0.987. The van der Waals surface area contributed by atoms with Gasteiger partial charge >= 0.3 is 12.0 Å². The van der Waals surface area contributed by atoms with Crippen molar-refractivity contribution in [3.05, 3.63) is 29.8 Å². The van der Waals surface area contributed by atoms with Gasteiger partial charge in [-0.1, -0.05) is 25.1 Å². The molecule has 1 unspecified atom stereocenters. The number of fused-ring (bicyclic) bond motifs is 1. The van der Waals surface area contributed by atoms with E-state index in [0.29, 0.717) is 19.0 Å². The third-order valence-electron chi connectivity index (χ3n) is 3.55. The highest BCUT2D eigenvalue weighted by Crippen LogP contribution is 2.30. The molecule has 1 atom stereocenters. The average Bonchev–Trinajstić information content (AvgIpc) is 2.42. The molecule has 5 heteroatoms. The number of para-hydroxylation sites is 1. The van der Waals surface area contributed by atoms with Gasteiger partial charge in [0, 0.05) is 18.8 Å². The molecule has 1 heterocycles. The van der Waals surface area contributed by atoms with E-state index < -0.39 is 5.97 Å². The van der Waals surface area contributed by atoms with Crippen molar-refractivity contribution in [1.82, 2.24) is 4.90 Å². The van der Waals surface area contributed by atoms with E-state index in [2.05, 4.69) is 6.92 Å². The number of hydrogen-bond acceptors (Lipinski definition) is 2. The van der Waals surface area contributed by atoms with Gasteiger partial charge in [0.25, 0.3) is 0 Å². The van der Waals surface area contributed by atoms with Crippen molar-refractivity contribution in [2.75, 3.05) is 24.5 Å².